The maximum Gasteiger partial charge on any atom is 0.401 e. The summed E-state index contributed by atoms with van der Waals surface area (Å²) >= 11 is 0. The third kappa shape index (κ3) is 3.15. The zero-order valence-electron chi connectivity index (χ0n) is 12.0. The van der Waals surface area contributed by atoms with E-state index in [1.807, 2.05) is 25.2 Å². The first-order valence-electron chi connectivity index (χ1n) is 6.86. The number of hydrogen-bond donors (Lipinski definition) is 1. The predicted molar refractivity (Wildman–Crippen MR) is 73.7 cm³/mol. The number of halogens is 3. The van der Waals surface area contributed by atoms with Crippen LogP contribution in [0.15, 0.2) is 24.3 Å². The van der Waals surface area contributed by atoms with Crippen LogP contribution in [-0.4, -0.2) is 37.8 Å². The maximum absolute atomic E-state index is 12.6. The molecule has 0 spiro atoms. The summed E-state index contributed by atoms with van der Waals surface area (Å²) in [5.41, 5.74) is 2.36. The first-order chi connectivity index (χ1) is 9.33. The molecule has 0 fully saturated rings. The van der Waals surface area contributed by atoms with Crippen molar-refractivity contribution in [2.24, 2.45) is 0 Å². The van der Waals surface area contributed by atoms with E-state index in [0.717, 1.165) is 12.0 Å². The Morgan fingerprint density at radius 2 is 1.85 bits per heavy atom. The first-order valence-corrected chi connectivity index (χ1v) is 6.86. The van der Waals surface area contributed by atoms with Gasteiger partial charge in [0.2, 0.25) is 0 Å². The molecule has 5 heteroatoms. The fourth-order valence-electron chi connectivity index (χ4n) is 3.26. The third-order valence-corrected chi connectivity index (χ3v) is 4.15. The first kappa shape index (κ1) is 15.3. The molecule has 112 valence electrons. The van der Waals surface area contributed by atoms with Crippen molar-refractivity contribution >= 4 is 0 Å². The van der Waals surface area contributed by atoms with Crippen molar-refractivity contribution in [2.45, 2.75) is 37.5 Å². The second kappa shape index (κ2) is 5.74. The van der Waals surface area contributed by atoms with Crippen LogP contribution in [0.5, 0.6) is 0 Å². The van der Waals surface area contributed by atoms with Gasteiger partial charge in [-0.3, -0.25) is 4.90 Å². The minimum atomic E-state index is -4.16. The molecule has 0 heterocycles. The monoisotopic (exact) mass is 286 g/mol. The Hall–Kier alpha value is -1.07. The number of nitrogens with one attached hydrogen (secondary N) is 1. The van der Waals surface area contributed by atoms with Crippen molar-refractivity contribution in [1.82, 2.24) is 10.2 Å². The molecule has 2 rings (SSSR count). The normalized spacial score (nSPS) is 26.6. The van der Waals surface area contributed by atoms with Crippen LogP contribution in [0.1, 0.15) is 36.4 Å². The van der Waals surface area contributed by atoms with Gasteiger partial charge in [-0.15, -0.1) is 0 Å². The van der Waals surface area contributed by atoms with Gasteiger partial charge in [0.05, 0.1) is 6.54 Å². The summed E-state index contributed by atoms with van der Waals surface area (Å²) in [6, 6.07) is 7.82. The van der Waals surface area contributed by atoms with Gasteiger partial charge in [-0.2, -0.15) is 13.2 Å². The molecule has 1 aliphatic carbocycles. The van der Waals surface area contributed by atoms with Crippen molar-refractivity contribution in [1.29, 1.82) is 0 Å². The predicted octanol–water partition coefficient (Wildman–Crippen LogP) is 3.32. The lowest BCUT2D eigenvalue weighted by atomic mass is 9.77. The summed E-state index contributed by atoms with van der Waals surface area (Å²) in [5, 5.41) is 3.19. The summed E-state index contributed by atoms with van der Waals surface area (Å²) in [4.78, 5) is 1.42. The van der Waals surface area contributed by atoms with Crippen LogP contribution in [0.2, 0.25) is 0 Å². The van der Waals surface area contributed by atoms with Gasteiger partial charge >= 0.3 is 6.18 Å². The van der Waals surface area contributed by atoms with Crippen LogP contribution in [0.25, 0.3) is 0 Å². The minimum Gasteiger partial charge on any atom is -0.312 e. The topological polar surface area (TPSA) is 15.3 Å². The summed E-state index contributed by atoms with van der Waals surface area (Å²) in [5.74, 6) is 0.275. The van der Waals surface area contributed by atoms with E-state index >= 15 is 0 Å². The molecule has 0 aliphatic heterocycles. The van der Waals surface area contributed by atoms with Crippen LogP contribution in [0.4, 0.5) is 13.2 Å². The Balaban J connectivity index is 2.28. The molecule has 3 atom stereocenters. The molecule has 2 nitrogen and oxygen atoms in total. The molecule has 1 aromatic carbocycles. The van der Waals surface area contributed by atoms with E-state index in [1.165, 1.54) is 10.5 Å². The standard InChI is InChI=1S/C15H21F3N2/c1-10-8-13(20(3)9-15(16,17)18)14(19-2)12-7-5-4-6-11(10)12/h4-7,10,13-14,19H,8-9H2,1-3H3. The minimum absolute atomic E-state index is 0.0604. The van der Waals surface area contributed by atoms with Gasteiger partial charge in [0, 0.05) is 12.1 Å². The van der Waals surface area contributed by atoms with Crippen LogP contribution in [-0.2, 0) is 0 Å². The van der Waals surface area contributed by atoms with E-state index < -0.39 is 12.7 Å². The summed E-state index contributed by atoms with van der Waals surface area (Å²) in [7, 11) is 3.37. The third-order valence-electron chi connectivity index (χ3n) is 4.15. The smallest absolute Gasteiger partial charge is 0.312 e. The Kier molecular flexibility index (Phi) is 4.39. The Morgan fingerprint density at radius 3 is 2.40 bits per heavy atom. The molecule has 1 aliphatic rings. The summed E-state index contributed by atoms with van der Waals surface area (Å²) < 4.78 is 37.9. The lowest BCUT2D eigenvalue weighted by Crippen LogP contribution is -2.48. The number of benzene rings is 1. The van der Waals surface area contributed by atoms with E-state index in [9.17, 15) is 13.2 Å². The number of hydrogen-bond acceptors (Lipinski definition) is 2. The summed E-state index contributed by atoms with van der Waals surface area (Å²) in [6.07, 6.45) is -3.43. The van der Waals surface area contributed by atoms with Gasteiger partial charge in [0.15, 0.2) is 0 Å². The number of nitrogens with zero attached hydrogens (tertiary/aromatic N) is 1. The van der Waals surface area contributed by atoms with Crippen molar-refractivity contribution in [3.63, 3.8) is 0 Å². The van der Waals surface area contributed by atoms with Crippen LogP contribution in [0.3, 0.4) is 0 Å². The van der Waals surface area contributed by atoms with Gasteiger partial charge in [0.1, 0.15) is 0 Å². The molecule has 3 unspecified atom stereocenters. The second-order valence-electron chi connectivity index (χ2n) is 5.63. The molecule has 0 radical (unpaired) electrons. The van der Waals surface area contributed by atoms with E-state index in [0.29, 0.717) is 0 Å². The number of alkyl halides is 3. The summed E-state index contributed by atoms with van der Waals surface area (Å²) in [6.45, 7) is 1.21. The van der Waals surface area contributed by atoms with E-state index in [-0.39, 0.29) is 18.0 Å². The number of fused-ring (bicyclic) bond motifs is 1. The highest BCUT2D eigenvalue weighted by Crippen LogP contribution is 2.39. The highest BCUT2D eigenvalue weighted by atomic mass is 19.4. The van der Waals surface area contributed by atoms with Crippen molar-refractivity contribution in [3.05, 3.63) is 35.4 Å². The van der Waals surface area contributed by atoms with E-state index in [4.69, 9.17) is 0 Å². The molecule has 0 amide bonds. The lowest BCUT2D eigenvalue weighted by Gasteiger charge is -2.41. The highest BCUT2D eigenvalue weighted by Gasteiger charge is 2.38. The Morgan fingerprint density at radius 1 is 1.25 bits per heavy atom. The molecule has 0 bridgehead atoms. The molecule has 20 heavy (non-hydrogen) atoms. The van der Waals surface area contributed by atoms with Crippen molar-refractivity contribution in [2.75, 3.05) is 20.6 Å². The quantitative estimate of drug-likeness (QED) is 0.917. The van der Waals surface area contributed by atoms with Gasteiger partial charge in [-0.25, -0.2) is 0 Å². The molecule has 0 aromatic heterocycles. The largest absolute Gasteiger partial charge is 0.401 e. The number of likely N-dealkylation sites (N-methyl/N-ethyl adjacent to an activating group) is 2. The average Bonchev–Trinajstić information content (AvgIpc) is 2.36. The van der Waals surface area contributed by atoms with Gasteiger partial charge in [-0.05, 0) is 37.6 Å². The van der Waals surface area contributed by atoms with E-state index in [2.05, 4.69) is 18.3 Å². The van der Waals surface area contributed by atoms with Crippen LogP contribution >= 0.6 is 0 Å². The Labute approximate surface area is 118 Å². The number of rotatable bonds is 3. The molecule has 0 saturated carbocycles. The van der Waals surface area contributed by atoms with Gasteiger partial charge < -0.3 is 5.32 Å². The second-order valence-corrected chi connectivity index (χ2v) is 5.63. The van der Waals surface area contributed by atoms with Crippen molar-refractivity contribution in [3.8, 4) is 0 Å². The van der Waals surface area contributed by atoms with E-state index in [1.54, 1.807) is 7.05 Å². The Bertz CT molecular complexity index is 459. The maximum atomic E-state index is 12.6. The fourth-order valence-corrected chi connectivity index (χ4v) is 3.26. The van der Waals surface area contributed by atoms with Crippen LogP contribution in [0, 0.1) is 0 Å². The van der Waals surface area contributed by atoms with Gasteiger partial charge in [-0.1, -0.05) is 31.2 Å². The molecular formula is C15H21F3N2. The molecular weight excluding hydrogens is 265 g/mol. The molecule has 0 saturated heterocycles. The van der Waals surface area contributed by atoms with Crippen LogP contribution < -0.4 is 5.32 Å². The van der Waals surface area contributed by atoms with Gasteiger partial charge in [0.25, 0.3) is 0 Å². The lowest BCUT2D eigenvalue weighted by molar-refractivity contribution is -0.149. The zero-order chi connectivity index (χ0) is 14.9. The average molecular weight is 286 g/mol. The molecule has 1 aromatic rings. The highest BCUT2D eigenvalue weighted by molar-refractivity contribution is 5.36. The fraction of sp³-hybridized carbons (Fsp3) is 0.600. The molecule has 1 N–H and O–H groups in total. The SMILES string of the molecule is CNC1c2ccccc2C(C)CC1N(C)CC(F)(F)F. The zero-order valence-corrected chi connectivity index (χ0v) is 12.0. The van der Waals surface area contributed by atoms with Crippen molar-refractivity contribution < 1.29 is 13.2 Å².